The van der Waals surface area contributed by atoms with E-state index in [2.05, 4.69) is 32.5 Å². The Hall–Kier alpha value is 0.350. The molecule has 0 rings (SSSR count). The van der Waals surface area contributed by atoms with Crippen LogP contribution in [0, 0.1) is 0 Å². The van der Waals surface area contributed by atoms with Crippen LogP contribution in [0.2, 0.25) is 0 Å². The van der Waals surface area contributed by atoms with E-state index >= 15 is 0 Å². The molecule has 1 heteroatoms. The second-order valence-corrected chi connectivity index (χ2v) is 3.96. The van der Waals surface area contributed by atoms with Gasteiger partial charge in [0, 0.05) is 0 Å². The zero-order chi connectivity index (χ0) is 6.41. The van der Waals surface area contributed by atoms with Crippen LogP contribution in [0.15, 0.2) is 0 Å². The summed E-state index contributed by atoms with van der Waals surface area (Å²) in [5.41, 5.74) is 0. The minimum absolute atomic E-state index is 0.821. The first-order valence-corrected chi connectivity index (χ1v) is 4.43. The molecular weight excluding hydrogens is 116 g/mol. The van der Waals surface area contributed by atoms with Crippen LogP contribution in [-0.2, 0) is 0 Å². The largest absolute Gasteiger partial charge is 0.159 e. The predicted octanol–water partition coefficient (Wildman–Crippen LogP) is 2.93. The van der Waals surface area contributed by atoms with Gasteiger partial charge >= 0.3 is 0 Å². The summed E-state index contributed by atoms with van der Waals surface area (Å²) in [7, 11) is 0. The molecule has 0 aromatic carbocycles. The zero-order valence-corrected chi connectivity index (χ0v) is 6.92. The average Bonchev–Trinajstić information content (AvgIpc) is 1.66. The molecule has 0 aliphatic heterocycles. The molecular formula is C7H16S. The van der Waals surface area contributed by atoms with E-state index in [1.54, 1.807) is 0 Å². The van der Waals surface area contributed by atoms with Crippen molar-refractivity contribution in [3.63, 3.8) is 0 Å². The van der Waals surface area contributed by atoms with Crippen LogP contribution in [0.4, 0.5) is 0 Å². The highest BCUT2D eigenvalue weighted by atomic mass is 32.2. The number of thioether (sulfide) groups is 1. The number of hydrogen-bond donors (Lipinski definition) is 0. The predicted molar refractivity (Wildman–Crippen MR) is 42.5 cm³/mol. The molecule has 0 unspecified atom stereocenters. The van der Waals surface area contributed by atoms with Crippen LogP contribution in [0.1, 0.15) is 33.6 Å². The summed E-state index contributed by atoms with van der Waals surface area (Å²) in [6, 6.07) is 0. The van der Waals surface area contributed by atoms with Crippen molar-refractivity contribution < 1.29 is 0 Å². The Morgan fingerprint density at radius 2 is 2.00 bits per heavy atom. The fourth-order valence-electron chi connectivity index (χ4n) is 0.463. The lowest BCUT2D eigenvalue weighted by Gasteiger charge is -2.00. The molecule has 0 heterocycles. The molecule has 0 bridgehead atoms. The first-order valence-electron chi connectivity index (χ1n) is 3.39. The van der Waals surface area contributed by atoms with Gasteiger partial charge in [-0.15, -0.1) is 0 Å². The van der Waals surface area contributed by atoms with Crippen molar-refractivity contribution in [1.82, 2.24) is 0 Å². The van der Waals surface area contributed by atoms with Crippen molar-refractivity contribution >= 4 is 11.8 Å². The lowest BCUT2D eigenvalue weighted by atomic mass is 10.4. The second-order valence-electron chi connectivity index (χ2n) is 2.27. The van der Waals surface area contributed by atoms with E-state index in [-0.39, 0.29) is 0 Å². The Morgan fingerprint density at radius 3 is 2.38 bits per heavy atom. The van der Waals surface area contributed by atoms with Crippen molar-refractivity contribution in [2.24, 2.45) is 0 Å². The summed E-state index contributed by atoms with van der Waals surface area (Å²) < 4.78 is 0. The molecule has 0 atom stereocenters. The molecule has 8 heavy (non-hydrogen) atoms. The van der Waals surface area contributed by atoms with Gasteiger partial charge in [-0.05, 0) is 17.4 Å². The molecule has 0 aliphatic carbocycles. The molecule has 0 aromatic heterocycles. The zero-order valence-electron chi connectivity index (χ0n) is 6.11. The van der Waals surface area contributed by atoms with Crippen LogP contribution in [0.5, 0.6) is 0 Å². The van der Waals surface area contributed by atoms with E-state index in [9.17, 15) is 0 Å². The normalized spacial score (nSPS) is 10.5. The molecule has 0 radical (unpaired) electrons. The summed E-state index contributed by atoms with van der Waals surface area (Å²) >= 11 is 2.06. The van der Waals surface area contributed by atoms with E-state index in [4.69, 9.17) is 0 Å². The smallest absolute Gasteiger partial charge is 0.000968 e. The third-order valence-electron chi connectivity index (χ3n) is 0.949. The lowest BCUT2D eigenvalue weighted by molar-refractivity contribution is 0.893. The quantitative estimate of drug-likeness (QED) is 0.530. The first-order chi connectivity index (χ1) is 3.77. The summed E-state index contributed by atoms with van der Waals surface area (Å²) in [6.45, 7) is 6.74. The van der Waals surface area contributed by atoms with Crippen molar-refractivity contribution in [2.75, 3.05) is 5.75 Å². The van der Waals surface area contributed by atoms with Crippen molar-refractivity contribution in [1.29, 1.82) is 0 Å². The van der Waals surface area contributed by atoms with Crippen LogP contribution >= 0.6 is 11.8 Å². The van der Waals surface area contributed by atoms with E-state index in [1.165, 1.54) is 18.6 Å². The van der Waals surface area contributed by atoms with E-state index < -0.39 is 0 Å². The van der Waals surface area contributed by atoms with E-state index in [0.29, 0.717) is 0 Å². The third kappa shape index (κ3) is 6.35. The molecule has 0 aliphatic rings. The molecule has 0 fully saturated rings. The van der Waals surface area contributed by atoms with Crippen LogP contribution < -0.4 is 0 Å². The van der Waals surface area contributed by atoms with Gasteiger partial charge in [-0.1, -0.05) is 27.2 Å². The van der Waals surface area contributed by atoms with Crippen molar-refractivity contribution in [2.45, 2.75) is 38.9 Å². The summed E-state index contributed by atoms with van der Waals surface area (Å²) in [5, 5.41) is 0.821. The summed E-state index contributed by atoms with van der Waals surface area (Å²) in [4.78, 5) is 0. The Morgan fingerprint density at radius 1 is 1.38 bits per heavy atom. The maximum absolute atomic E-state index is 2.25. The van der Waals surface area contributed by atoms with Gasteiger partial charge in [0.05, 0.1) is 0 Å². The fraction of sp³-hybridized carbons (Fsp3) is 1.00. The maximum Gasteiger partial charge on any atom is -0.000968 e. The summed E-state index contributed by atoms with van der Waals surface area (Å²) in [5.74, 6) is 1.34. The van der Waals surface area contributed by atoms with Gasteiger partial charge in [-0.25, -0.2) is 0 Å². The van der Waals surface area contributed by atoms with Crippen molar-refractivity contribution in [3.8, 4) is 0 Å². The standard InChI is InChI=1S/C7H16S/c1-4-5-6-8-7(2)3/h7H,4-6H2,1-3H3. The lowest BCUT2D eigenvalue weighted by Crippen LogP contribution is -1.88. The minimum Gasteiger partial charge on any atom is -0.159 e. The van der Waals surface area contributed by atoms with Gasteiger partial charge in [0.1, 0.15) is 0 Å². The topological polar surface area (TPSA) is 0 Å². The van der Waals surface area contributed by atoms with Crippen molar-refractivity contribution in [3.05, 3.63) is 0 Å². The van der Waals surface area contributed by atoms with Gasteiger partial charge < -0.3 is 0 Å². The Kier molecular flexibility index (Phi) is 5.73. The minimum atomic E-state index is 0.821. The average molecular weight is 132 g/mol. The van der Waals surface area contributed by atoms with Gasteiger partial charge in [-0.2, -0.15) is 11.8 Å². The maximum atomic E-state index is 2.25. The Bertz CT molecular complexity index is 41.7. The molecule has 0 aromatic rings. The SMILES string of the molecule is CCCCSC(C)C. The second kappa shape index (κ2) is 5.49. The number of unbranched alkanes of at least 4 members (excludes halogenated alkanes) is 1. The molecule has 0 saturated carbocycles. The van der Waals surface area contributed by atoms with Crippen LogP contribution in [-0.4, -0.2) is 11.0 Å². The molecule has 50 valence electrons. The number of hydrogen-bond acceptors (Lipinski definition) is 1. The van der Waals surface area contributed by atoms with E-state index in [1.807, 2.05) is 0 Å². The highest BCUT2D eigenvalue weighted by Gasteiger charge is 1.90. The molecule has 0 amide bonds. The van der Waals surface area contributed by atoms with Gasteiger partial charge in [-0.3, -0.25) is 0 Å². The highest BCUT2D eigenvalue weighted by molar-refractivity contribution is 7.99. The molecule has 0 nitrogen and oxygen atoms in total. The molecule has 0 spiro atoms. The van der Waals surface area contributed by atoms with Gasteiger partial charge in [0.25, 0.3) is 0 Å². The van der Waals surface area contributed by atoms with E-state index in [0.717, 1.165) is 5.25 Å². The Labute approximate surface area is 57.1 Å². The fourth-order valence-corrected chi connectivity index (χ4v) is 1.39. The number of rotatable bonds is 4. The van der Waals surface area contributed by atoms with Crippen LogP contribution in [0.25, 0.3) is 0 Å². The highest BCUT2D eigenvalue weighted by Crippen LogP contribution is 2.10. The third-order valence-corrected chi connectivity index (χ3v) is 2.14. The first kappa shape index (κ1) is 8.35. The summed E-state index contributed by atoms with van der Waals surface area (Å²) in [6.07, 6.45) is 2.71. The van der Waals surface area contributed by atoms with Crippen LogP contribution in [0.3, 0.4) is 0 Å². The van der Waals surface area contributed by atoms with Gasteiger partial charge in [0.15, 0.2) is 0 Å². The van der Waals surface area contributed by atoms with Gasteiger partial charge in [0.2, 0.25) is 0 Å². The molecule has 0 saturated heterocycles. The Balaban J connectivity index is 2.72. The monoisotopic (exact) mass is 132 g/mol. The molecule has 0 N–H and O–H groups in total.